The van der Waals surface area contributed by atoms with Gasteiger partial charge in [-0.05, 0) is 68.1 Å². The Labute approximate surface area is 399 Å². The summed E-state index contributed by atoms with van der Waals surface area (Å²) in [5, 5.41) is 27.3. The topological polar surface area (TPSA) is 308 Å². The zero-order valence-corrected chi connectivity index (χ0v) is 37.2. The summed E-state index contributed by atoms with van der Waals surface area (Å²) in [7, 11) is 0. The van der Waals surface area contributed by atoms with Gasteiger partial charge in [-0.3, -0.25) is 19.6 Å². The Morgan fingerprint density at radius 1 is 0.662 bits per heavy atom. The first-order chi connectivity index (χ1) is 33.7. The number of hydrogen-bond donors (Lipinski definition) is 8. The van der Waals surface area contributed by atoms with E-state index in [0.717, 1.165) is 30.9 Å². The van der Waals surface area contributed by atoms with E-state index in [9.17, 15) is 46.1 Å². The number of nitrogens with one attached hydrogen (secondary N) is 3. The van der Waals surface area contributed by atoms with E-state index in [0.29, 0.717) is 69.3 Å². The first kappa shape index (κ1) is 49.5. The average molecular weight is 991 g/mol. The van der Waals surface area contributed by atoms with Crippen LogP contribution in [0.5, 0.6) is 5.75 Å². The molecule has 0 atom stereocenters. The van der Waals surface area contributed by atoms with Crippen LogP contribution in [0.2, 0.25) is 0 Å². The molecule has 0 unspecified atom stereocenters. The molecule has 2 aliphatic rings. The van der Waals surface area contributed by atoms with Crippen molar-refractivity contribution in [2.45, 2.75) is 49.3 Å². The molecular formula is C44H44F6N16O5. The van der Waals surface area contributed by atoms with Gasteiger partial charge < -0.3 is 57.9 Å². The Hall–Kier alpha value is -7.88. The molecule has 0 bridgehead atoms. The van der Waals surface area contributed by atoms with Crippen molar-refractivity contribution in [1.29, 1.82) is 0 Å². The van der Waals surface area contributed by atoms with Gasteiger partial charge in [-0.25, -0.2) is 29.9 Å². The Morgan fingerprint density at radius 3 is 1.72 bits per heavy atom. The van der Waals surface area contributed by atoms with Crippen LogP contribution in [-0.2, 0) is 6.18 Å². The van der Waals surface area contributed by atoms with E-state index in [1.54, 1.807) is 24.3 Å². The minimum absolute atomic E-state index is 0.00976. The molecule has 0 aromatic carbocycles. The third kappa shape index (κ3) is 11.3. The third-order valence-corrected chi connectivity index (χ3v) is 11.8. The summed E-state index contributed by atoms with van der Waals surface area (Å²) in [6, 6.07) is 9.35. The second kappa shape index (κ2) is 19.9. The largest absolute Gasteiger partial charge is 0.573 e. The summed E-state index contributed by atoms with van der Waals surface area (Å²) in [6.07, 6.45) is -1.91. The number of piperidine rings is 2. The number of aliphatic hydroxyl groups excluding tert-OH is 2. The summed E-state index contributed by atoms with van der Waals surface area (Å²) in [6.45, 7) is 1.13. The highest BCUT2D eigenvalue weighted by Crippen LogP contribution is 2.39. The highest BCUT2D eigenvalue weighted by atomic mass is 19.4. The summed E-state index contributed by atoms with van der Waals surface area (Å²) < 4.78 is 89.4. The predicted molar refractivity (Wildman–Crippen MR) is 245 cm³/mol. The highest BCUT2D eigenvalue weighted by molar-refractivity contribution is 6.08. The quantitative estimate of drug-likeness (QED) is 0.0738. The molecular weight excluding hydrogens is 947 g/mol. The standard InChI is InChI=1S/C44H44F6N16O5/c45-43(46,47)25-18-24(19-57-31(25)26-20-58-35(51)33(61-26)39(69)63-36-28(4-1-12-55-36)65-14-7-41(52,22-67)8-15-65)60-38-34(62-27(21-59-38)32-30(6-3-11-54-32)71-44(48,49)50)40(70)64-37-29(5-2-13-56-37)66-16-9-42(53,23-68)10-17-66/h1-6,11-13,18-21,67-68H,7-10,14-17,22-23,52-53H2,(H2,51,58)(H,59,60)(H,55,63,69)(H,56,64,70). The Morgan fingerprint density at radius 2 is 1.17 bits per heavy atom. The van der Waals surface area contributed by atoms with Gasteiger partial charge in [-0.15, -0.1) is 13.2 Å². The number of nitrogen functional groups attached to an aromatic ring is 1. The van der Waals surface area contributed by atoms with Crippen molar-refractivity contribution in [3.8, 4) is 28.5 Å². The minimum Gasteiger partial charge on any atom is -0.403 e. The number of alkyl halides is 6. The van der Waals surface area contributed by atoms with Gasteiger partial charge in [0, 0.05) is 55.8 Å². The SMILES string of the molecule is Nc1ncc(-c2ncc(Nc3ncc(-c4ncccc4OC(F)(F)F)nc3C(=O)Nc3ncccc3N3CCC(N)(CO)CC3)cc2C(F)(F)F)nc1C(=O)Nc1ncccc1N1CCC(N)(CO)CC1. The number of anilines is 7. The number of nitrogens with two attached hydrogens (primary N) is 3. The van der Waals surface area contributed by atoms with Crippen molar-refractivity contribution in [2.75, 3.05) is 70.9 Å². The van der Waals surface area contributed by atoms with Gasteiger partial charge in [-0.2, -0.15) is 13.2 Å². The van der Waals surface area contributed by atoms with Crippen molar-refractivity contribution >= 4 is 52.1 Å². The van der Waals surface area contributed by atoms with E-state index in [-0.39, 0.29) is 24.8 Å². The van der Waals surface area contributed by atoms with Crippen molar-refractivity contribution in [2.24, 2.45) is 11.5 Å². The smallest absolute Gasteiger partial charge is 0.403 e. The van der Waals surface area contributed by atoms with E-state index in [2.05, 4.69) is 60.6 Å². The number of amides is 2. The number of nitrogens with zero attached hydrogens (tertiary/aromatic N) is 10. The predicted octanol–water partition coefficient (Wildman–Crippen LogP) is 4.51. The van der Waals surface area contributed by atoms with Gasteiger partial charge in [0.1, 0.15) is 22.8 Å². The van der Waals surface area contributed by atoms with Crippen LogP contribution in [0.25, 0.3) is 22.8 Å². The van der Waals surface area contributed by atoms with Crippen LogP contribution in [0.4, 0.5) is 66.7 Å². The number of aliphatic hydroxyl groups is 2. The second-order valence-corrected chi connectivity index (χ2v) is 16.7. The first-order valence-corrected chi connectivity index (χ1v) is 21.6. The lowest BCUT2D eigenvalue weighted by molar-refractivity contribution is -0.274. The Bertz CT molecular complexity index is 2930. The van der Waals surface area contributed by atoms with E-state index in [1.807, 2.05) is 9.80 Å². The lowest BCUT2D eigenvalue weighted by Crippen LogP contribution is -2.53. The van der Waals surface area contributed by atoms with Crippen LogP contribution in [0.1, 0.15) is 52.2 Å². The fraction of sp³-hybridized carbons (Fsp3) is 0.318. The van der Waals surface area contributed by atoms with Crippen molar-refractivity contribution in [3.63, 3.8) is 0 Å². The number of carbonyl (C=O) groups excluding carboxylic acids is 2. The number of pyridine rings is 4. The van der Waals surface area contributed by atoms with Crippen LogP contribution in [0, 0.1) is 0 Å². The number of rotatable bonds is 13. The molecule has 2 saturated heterocycles. The fourth-order valence-electron chi connectivity index (χ4n) is 7.84. The molecule has 11 N–H and O–H groups in total. The van der Waals surface area contributed by atoms with E-state index in [4.69, 9.17) is 17.2 Å². The minimum atomic E-state index is -5.16. The maximum Gasteiger partial charge on any atom is 0.573 e. The van der Waals surface area contributed by atoms with Crippen molar-refractivity contribution in [3.05, 3.63) is 96.6 Å². The lowest BCUT2D eigenvalue weighted by Gasteiger charge is -2.39. The van der Waals surface area contributed by atoms with Crippen molar-refractivity contribution < 1.29 is 50.9 Å². The summed E-state index contributed by atoms with van der Waals surface area (Å²) in [5.41, 5.74) is 12.8. The number of aromatic nitrogens is 8. The van der Waals surface area contributed by atoms with Crippen LogP contribution < -0.4 is 47.7 Å². The number of carbonyl (C=O) groups is 2. The van der Waals surface area contributed by atoms with Crippen LogP contribution in [0.3, 0.4) is 0 Å². The fourth-order valence-corrected chi connectivity index (χ4v) is 7.84. The number of ether oxygens (including phenoxy) is 1. The summed E-state index contributed by atoms with van der Waals surface area (Å²) in [5.74, 6) is -3.59. The van der Waals surface area contributed by atoms with Gasteiger partial charge in [0.15, 0.2) is 40.4 Å². The molecule has 8 heterocycles. The lowest BCUT2D eigenvalue weighted by atomic mass is 9.89. The molecule has 21 nitrogen and oxygen atoms in total. The highest BCUT2D eigenvalue weighted by Gasteiger charge is 2.38. The maximum absolute atomic E-state index is 15.0. The molecule has 0 aliphatic carbocycles. The molecule has 0 spiro atoms. The molecule has 2 fully saturated rings. The third-order valence-electron chi connectivity index (χ3n) is 11.8. The zero-order chi connectivity index (χ0) is 50.7. The van der Waals surface area contributed by atoms with Gasteiger partial charge in [-0.1, -0.05) is 0 Å². The molecule has 6 aromatic heterocycles. The molecule has 6 aromatic rings. The van der Waals surface area contributed by atoms with E-state index >= 15 is 0 Å². The first-order valence-electron chi connectivity index (χ1n) is 21.6. The molecule has 372 valence electrons. The molecule has 27 heteroatoms. The molecule has 0 saturated carbocycles. The monoisotopic (exact) mass is 990 g/mol. The molecule has 8 rings (SSSR count). The average Bonchev–Trinajstić information content (AvgIpc) is 3.34. The van der Waals surface area contributed by atoms with Crippen LogP contribution in [-0.4, -0.2) is 119 Å². The van der Waals surface area contributed by atoms with Crippen molar-refractivity contribution in [1.82, 2.24) is 39.9 Å². The number of halogens is 6. The van der Waals surface area contributed by atoms with Crippen LogP contribution in [0.15, 0.2) is 79.6 Å². The Balaban J connectivity index is 1.11. The molecule has 71 heavy (non-hydrogen) atoms. The number of hydrogen-bond acceptors (Lipinski definition) is 19. The summed E-state index contributed by atoms with van der Waals surface area (Å²) >= 11 is 0. The van der Waals surface area contributed by atoms with Gasteiger partial charge in [0.25, 0.3) is 11.8 Å². The summed E-state index contributed by atoms with van der Waals surface area (Å²) in [4.78, 5) is 64.8. The Kier molecular flexibility index (Phi) is 13.9. The van der Waals surface area contributed by atoms with Gasteiger partial charge in [0.05, 0.1) is 54.4 Å². The van der Waals surface area contributed by atoms with E-state index in [1.165, 1.54) is 18.5 Å². The normalized spacial score (nSPS) is 15.7. The zero-order valence-electron chi connectivity index (χ0n) is 37.2. The maximum atomic E-state index is 15.0. The van der Waals surface area contributed by atoms with Gasteiger partial charge in [0.2, 0.25) is 0 Å². The molecule has 0 radical (unpaired) electrons. The molecule has 2 aliphatic heterocycles. The second-order valence-electron chi connectivity index (χ2n) is 16.7. The van der Waals surface area contributed by atoms with Gasteiger partial charge >= 0.3 is 12.5 Å². The molecule has 2 amide bonds. The van der Waals surface area contributed by atoms with Crippen LogP contribution >= 0.6 is 0 Å². The van der Waals surface area contributed by atoms with E-state index < -0.39 is 98.2 Å².